The highest BCUT2D eigenvalue weighted by Crippen LogP contribution is 2.29. The van der Waals surface area contributed by atoms with Gasteiger partial charge in [0, 0.05) is 50.9 Å². The third-order valence-corrected chi connectivity index (χ3v) is 4.17. The van der Waals surface area contributed by atoms with Crippen molar-refractivity contribution in [2.75, 3.05) is 13.1 Å². The fraction of sp³-hybridized carbons (Fsp3) is 0.375. The highest BCUT2D eigenvalue weighted by atomic mass is 35.5. The number of pyridine rings is 2. The third-order valence-electron chi connectivity index (χ3n) is 3.97. The number of hydrogen-bond donors (Lipinski definition) is 0. The summed E-state index contributed by atoms with van der Waals surface area (Å²) in [6.07, 6.45) is 2.12. The van der Waals surface area contributed by atoms with E-state index >= 15 is 0 Å². The molecule has 0 spiro atoms. The Kier molecular flexibility index (Phi) is 4.73. The molecule has 2 aromatic heterocycles. The predicted molar refractivity (Wildman–Crippen MR) is 81.9 cm³/mol. The fourth-order valence-electron chi connectivity index (χ4n) is 2.64. The highest BCUT2D eigenvalue weighted by Gasteiger charge is 2.33. The lowest BCUT2D eigenvalue weighted by atomic mass is 10.1. The van der Waals surface area contributed by atoms with E-state index in [1.54, 1.807) is 0 Å². The molecule has 0 unspecified atom stereocenters. The number of aromatic nitrogens is 2. The maximum Gasteiger partial charge on any atom is 0.250 e. The van der Waals surface area contributed by atoms with Crippen molar-refractivity contribution in [3.8, 4) is 11.3 Å². The summed E-state index contributed by atoms with van der Waals surface area (Å²) < 4.78 is 54.4. The van der Waals surface area contributed by atoms with Crippen LogP contribution in [-0.4, -0.2) is 33.9 Å². The molecule has 0 saturated carbocycles. The summed E-state index contributed by atoms with van der Waals surface area (Å²) >= 11 is 5.57. The summed E-state index contributed by atoms with van der Waals surface area (Å²) in [5.41, 5.74) is 0.301. The van der Waals surface area contributed by atoms with E-state index in [9.17, 15) is 17.6 Å². The number of likely N-dealkylation sites (tertiary alicyclic amines) is 1. The van der Waals surface area contributed by atoms with Crippen molar-refractivity contribution in [1.82, 2.24) is 14.9 Å². The van der Waals surface area contributed by atoms with Gasteiger partial charge in [-0.25, -0.2) is 22.5 Å². The van der Waals surface area contributed by atoms with Gasteiger partial charge in [0.15, 0.2) is 0 Å². The van der Waals surface area contributed by atoms with Gasteiger partial charge in [-0.2, -0.15) is 0 Å². The van der Waals surface area contributed by atoms with Gasteiger partial charge < -0.3 is 0 Å². The first kappa shape index (κ1) is 17.1. The van der Waals surface area contributed by atoms with E-state index in [1.165, 1.54) is 12.3 Å². The van der Waals surface area contributed by atoms with Crippen LogP contribution < -0.4 is 0 Å². The minimum atomic E-state index is -2.62. The van der Waals surface area contributed by atoms with Crippen LogP contribution in [-0.2, 0) is 6.54 Å². The largest absolute Gasteiger partial charge is 0.299 e. The molecule has 24 heavy (non-hydrogen) atoms. The van der Waals surface area contributed by atoms with E-state index < -0.39 is 17.6 Å². The first-order chi connectivity index (χ1) is 11.3. The number of piperidine rings is 1. The lowest BCUT2D eigenvalue weighted by Crippen LogP contribution is -2.38. The van der Waals surface area contributed by atoms with Crippen LogP contribution in [0.4, 0.5) is 17.6 Å². The minimum Gasteiger partial charge on any atom is -0.299 e. The Morgan fingerprint density at radius 2 is 1.75 bits per heavy atom. The predicted octanol–water partition coefficient (Wildman–Crippen LogP) is 4.31. The molecular formula is C16H14ClF4N3. The Morgan fingerprint density at radius 3 is 2.38 bits per heavy atom. The van der Waals surface area contributed by atoms with E-state index in [0.29, 0.717) is 12.1 Å². The zero-order chi connectivity index (χ0) is 17.3. The summed E-state index contributed by atoms with van der Waals surface area (Å²) in [5, 5.41) is -0.0322. The second-order valence-electron chi connectivity index (χ2n) is 5.79. The Balaban J connectivity index is 1.75. The molecule has 0 atom stereocenters. The van der Waals surface area contributed by atoms with Gasteiger partial charge in [-0.3, -0.25) is 9.88 Å². The first-order valence-corrected chi connectivity index (χ1v) is 7.78. The van der Waals surface area contributed by atoms with Gasteiger partial charge in [-0.1, -0.05) is 11.6 Å². The molecule has 0 radical (unpaired) electrons. The van der Waals surface area contributed by atoms with E-state index in [0.717, 1.165) is 12.3 Å². The van der Waals surface area contributed by atoms with Crippen molar-refractivity contribution in [1.29, 1.82) is 0 Å². The first-order valence-electron chi connectivity index (χ1n) is 7.40. The van der Waals surface area contributed by atoms with Crippen LogP contribution >= 0.6 is 11.6 Å². The van der Waals surface area contributed by atoms with Crippen LogP contribution in [0.1, 0.15) is 18.4 Å². The molecule has 3 rings (SSSR count). The summed E-state index contributed by atoms with van der Waals surface area (Å²) in [6.45, 7) is 0.805. The highest BCUT2D eigenvalue weighted by molar-refractivity contribution is 6.29. The van der Waals surface area contributed by atoms with Crippen molar-refractivity contribution in [3.63, 3.8) is 0 Å². The van der Waals surface area contributed by atoms with Crippen molar-refractivity contribution < 1.29 is 17.6 Å². The Labute approximate surface area is 141 Å². The fourth-order valence-corrected chi connectivity index (χ4v) is 2.78. The normalized spacial score (nSPS) is 17.9. The van der Waals surface area contributed by atoms with E-state index in [1.807, 2.05) is 4.90 Å². The second kappa shape index (κ2) is 6.64. The number of hydrogen-bond acceptors (Lipinski definition) is 3. The molecule has 3 heterocycles. The summed E-state index contributed by atoms with van der Waals surface area (Å²) in [6, 6.07) is 2.23. The van der Waals surface area contributed by atoms with Crippen LogP contribution in [0.2, 0.25) is 5.15 Å². The maximum atomic E-state index is 14.3. The van der Waals surface area contributed by atoms with Crippen molar-refractivity contribution in [2.45, 2.75) is 25.3 Å². The molecule has 0 aromatic carbocycles. The van der Waals surface area contributed by atoms with E-state index in [-0.39, 0.29) is 42.3 Å². The van der Waals surface area contributed by atoms with Crippen LogP contribution in [0.3, 0.4) is 0 Å². The summed E-state index contributed by atoms with van der Waals surface area (Å²) in [4.78, 5) is 9.50. The molecule has 1 aliphatic rings. The van der Waals surface area contributed by atoms with Crippen molar-refractivity contribution >= 4 is 11.6 Å². The molecule has 0 aliphatic carbocycles. The molecule has 0 N–H and O–H groups in total. The molecule has 0 amide bonds. The van der Waals surface area contributed by atoms with Gasteiger partial charge in [0.05, 0.1) is 5.56 Å². The van der Waals surface area contributed by atoms with E-state index in [2.05, 4.69) is 9.97 Å². The topological polar surface area (TPSA) is 29.0 Å². The third kappa shape index (κ3) is 3.84. The standard InChI is InChI=1S/C16H14ClF4N3/c17-14-6-12(18)11(8-22-14)15-13(19)5-10(7-23-15)9-24-3-1-16(20,21)2-4-24/h5-8H,1-4,9H2. The summed E-state index contributed by atoms with van der Waals surface area (Å²) in [5.74, 6) is -4.03. The average molecular weight is 360 g/mol. The van der Waals surface area contributed by atoms with Gasteiger partial charge >= 0.3 is 0 Å². The van der Waals surface area contributed by atoms with Gasteiger partial charge in [0.25, 0.3) is 5.92 Å². The van der Waals surface area contributed by atoms with Gasteiger partial charge in [0.1, 0.15) is 22.5 Å². The monoisotopic (exact) mass is 359 g/mol. The number of alkyl halides is 2. The smallest absolute Gasteiger partial charge is 0.250 e. The Morgan fingerprint density at radius 1 is 1.04 bits per heavy atom. The van der Waals surface area contributed by atoms with E-state index in [4.69, 9.17) is 11.6 Å². The lowest BCUT2D eigenvalue weighted by molar-refractivity contribution is -0.0566. The van der Waals surface area contributed by atoms with Crippen molar-refractivity contribution in [2.24, 2.45) is 0 Å². The molecule has 3 nitrogen and oxygen atoms in total. The molecule has 8 heteroatoms. The SMILES string of the molecule is Fc1cc(Cl)ncc1-c1ncc(CN2CCC(F)(F)CC2)cc1F. The number of rotatable bonds is 3. The van der Waals surface area contributed by atoms with Gasteiger partial charge in [0.2, 0.25) is 0 Å². The molecule has 2 aromatic rings. The second-order valence-corrected chi connectivity index (χ2v) is 6.18. The maximum absolute atomic E-state index is 14.3. The molecule has 0 bridgehead atoms. The molecule has 128 valence electrons. The Hall–Kier alpha value is -1.73. The summed E-state index contributed by atoms with van der Waals surface area (Å²) in [7, 11) is 0. The van der Waals surface area contributed by atoms with Crippen LogP contribution in [0.5, 0.6) is 0 Å². The molecule has 1 saturated heterocycles. The number of nitrogens with zero attached hydrogens (tertiary/aromatic N) is 3. The van der Waals surface area contributed by atoms with Crippen LogP contribution in [0, 0.1) is 11.6 Å². The molecule has 1 fully saturated rings. The lowest BCUT2D eigenvalue weighted by Gasteiger charge is -2.31. The van der Waals surface area contributed by atoms with Crippen LogP contribution in [0.25, 0.3) is 11.3 Å². The quantitative estimate of drug-likeness (QED) is 0.604. The average Bonchev–Trinajstić information content (AvgIpc) is 2.51. The van der Waals surface area contributed by atoms with Gasteiger partial charge in [-0.05, 0) is 11.6 Å². The zero-order valence-electron chi connectivity index (χ0n) is 12.6. The number of halogens is 5. The Bertz CT molecular complexity index is 744. The van der Waals surface area contributed by atoms with Crippen LogP contribution in [0.15, 0.2) is 24.5 Å². The van der Waals surface area contributed by atoms with Crippen molar-refractivity contribution in [3.05, 3.63) is 46.9 Å². The van der Waals surface area contributed by atoms with Gasteiger partial charge in [-0.15, -0.1) is 0 Å². The minimum absolute atomic E-state index is 0.0322. The molecule has 1 aliphatic heterocycles. The molecular weight excluding hydrogens is 346 g/mol. The zero-order valence-corrected chi connectivity index (χ0v) is 13.3.